The zero-order valence-electron chi connectivity index (χ0n) is 17.2. The molecule has 0 aliphatic carbocycles. The van der Waals surface area contributed by atoms with E-state index in [1.807, 2.05) is 49.6 Å². The van der Waals surface area contributed by atoms with Crippen molar-refractivity contribution in [3.8, 4) is 0 Å². The summed E-state index contributed by atoms with van der Waals surface area (Å²) in [6.45, 7) is 10.4. The monoisotopic (exact) mass is 437 g/mol. The van der Waals surface area contributed by atoms with Crippen LogP contribution in [0.15, 0.2) is 37.1 Å². The average molecular weight is 437 g/mol. The van der Waals surface area contributed by atoms with Gasteiger partial charge in [-0.3, -0.25) is 9.48 Å². The summed E-state index contributed by atoms with van der Waals surface area (Å²) < 4.78 is 35.5. The number of aromatic nitrogens is 4. The Hall–Kier alpha value is -3.63. The van der Waals surface area contributed by atoms with E-state index in [2.05, 4.69) is 22.0 Å². The highest BCUT2D eigenvalue weighted by atomic mass is 19.4. The maximum atomic E-state index is 12.5. The van der Waals surface area contributed by atoms with Crippen LogP contribution in [-0.4, -0.2) is 42.3 Å². The number of halogens is 3. The van der Waals surface area contributed by atoms with Crippen LogP contribution >= 0.6 is 0 Å². The summed E-state index contributed by atoms with van der Waals surface area (Å²) >= 11 is 0. The van der Waals surface area contributed by atoms with Gasteiger partial charge in [0, 0.05) is 17.6 Å². The lowest BCUT2D eigenvalue weighted by Gasteiger charge is -2.04. The first-order valence-corrected chi connectivity index (χ1v) is 9.12. The third-order valence-electron chi connectivity index (χ3n) is 4.33. The Bertz CT molecular complexity index is 1120. The van der Waals surface area contributed by atoms with Crippen molar-refractivity contribution < 1.29 is 27.9 Å². The molecule has 0 aromatic carbocycles. The van der Waals surface area contributed by atoms with Crippen molar-refractivity contribution in [1.82, 2.24) is 24.5 Å². The zero-order chi connectivity index (χ0) is 23.3. The molecular formula is C20H22F3N5O3. The highest BCUT2D eigenvalue weighted by Crippen LogP contribution is 2.14. The molecule has 3 heterocycles. The van der Waals surface area contributed by atoms with Gasteiger partial charge in [-0.15, -0.1) is 6.58 Å². The molecule has 0 atom stereocenters. The molecule has 11 heteroatoms. The third kappa shape index (κ3) is 5.71. The molecule has 0 bridgehead atoms. The number of nitrogens with zero attached hydrogens (tertiary/aromatic N) is 4. The van der Waals surface area contributed by atoms with Crippen LogP contribution in [0.4, 0.5) is 13.2 Å². The van der Waals surface area contributed by atoms with Crippen molar-refractivity contribution in [2.24, 2.45) is 0 Å². The number of fused-ring (bicyclic) bond motifs is 1. The van der Waals surface area contributed by atoms with E-state index in [0.717, 1.165) is 28.4 Å². The molecule has 0 saturated heterocycles. The van der Waals surface area contributed by atoms with Gasteiger partial charge in [0.25, 0.3) is 5.91 Å². The predicted octanol–water partition coefficient (Wildman–Crippen LogP) is 3.21. The first-order valence-electron chi connectivity index (χ1n) is 9.12. The SMILES string of the molecule is C=CCn1nc(C)c(C(=O)NCc2cn3c(C)cccc3n2)c1C.O=C(O)C(F)(F)F. The number of rotatable bonds is 5. The molecule has 3 aromatic heterocycles. The van der Waals surface area contributed by atoms with Crippen LogP contribution in [0.2, 0.25) is 0 Å². The molecule has 3 aromatic rings. The first kappa shape index (κ1) is 23.6. The van der Waals surface area contributed by atoms with E-state index < -0.39 is 12.1 Å². The van der Waals surface area contributed by atoms with Crippen LogP contribution in [0.25, 0.3) is 5.65 Å². The van der Waals surface area contributed by atoms with E-state index in [4.69, 9.17) is 9.90 Å². The number of nitrogens with one attached hydrogen (secondary N) is 1. The number of carboxylic acids is 1. The molecule has 0 aliphatic heterocycles. The standard InChI is InChI=1S/C18H21N5O.C2HF3O2/c1-5-9-23-14(4)17(13(3)21-23)18(24)19-10-15-11-22-12(2)7-6-8-16(22)20-15;3-2(4,5)1(6)7/h5-8,11H,1,9-10H2,2-4H3,(H,19,24);(H,6,7). The normalized spacial score (nSPS) is 11.0. The maximum Gasteiger partial charge on any atom is 0.490 e. The number of carbonyl (C=O) groups excluding carboxylic acids is 1. The number of aliphatic carboxylic acids is 1. The summed E-state index contributed by atoms with van der Waals surface area (Å²) in [6.07, 6.45) is -1.37. The molecule has 2 N–H and O–H groups in total. The number of allylic oxidation sites excluding steroid dienone is 1. The minimum Gasteiger partial charge on any atom is -0.475 e. The predicted molar refractivity (Wildman–Crippen MR) is 107 cm³/mol. The summed E-state index contributed by atoms with van der Waals surface area (Å²) in [5, 5.41) is 14.5. The smallest absolute Gasteiger partial charge is 0.475 e. The number of alkyl halides is 3. The van der Waals surface area contributed by atoms with Gasteiger partial charge in [-0.25, -0.2) is 9.78 Å². The second-order valence-corrected chi connectivity index (χ2v) is 6.63. The minimum atomic E-state index is -5.08. The number of hydrogen-bond acceptors (Lipinski definition) is 4. The molecule has 0 spiro atoms. The van der Waals surface area contributed by atoms with Crippen LogP contribution in [0.1, 0.15) is 33.1 Å². The lowest BCUT2D eigenvalue weighted by molar-refractivity contribution is -0.192. The molecule has 0 aliphatic rings. The van der Waals surface area contributed by atoms with Gasteiger partial charge >= 0.3 is 12.1 Å². The van der Waals surface area contributed by atoms with Gasteiger partial charge in [-0.1, -0.05) is 12.1 Å². The fourth-order valence-electron chi connectivity index (χ4n) is 2.87. The summed E-state index contributed by atoms with van der Waals surface area (Å²) in [6, 6.07) is 5.95. The number of pyridine rings is 1. The van der Waals surface area contributed by atoms with Gasteiger partial charge < -0.3 is 14.8 Å². The summed E-state index contributed by atoms with van der Waals surface area (Å²) in [5.74, 6) is -2.89. The van der Waals surface area contributed by atoms with Gasteiger partial charge in [0.15, 0.2) is 0 Å². The van der Waals surface area contributed by atoms with Crippen LogP contribution in [0.5, 0.6) is 0 Å². The highest BCUT2D eigenvalue weighted by Gasteiger charge is 2.38. The third-order valence-corrected chi connectivity index (χ3v) is 4.33. The van der Waals surface area contributed by atoms with E-state index in [-0.39, 0.29) is 5.91 Å². The van der Waals surface area contributed by atoms with E-state index in [1.54, 1.807) is 10.8 Å². The van der Waals surface area contributed by atoms with Crippen molar-refractivity contribution in [1.29, 1.82) is 0 Å². The summed E-state index contributed by atoms with van der Waals surface area (Å²) in [4.78, 5) is 26.0. The van der Waals surface area contributed by atoms with Crippen LogP contribution < -0.4 is 5.32 Å². The fraction of sp³-hybridized carbons (Fsp3) is 0.300. The van der Waals surface area contributed by atoms with Gasteiger partial charge in [0.05, 0.1) is 30.0 Å². The van der Waals surface area contributed by atoms with Gasteiger partial charge in [-0.05, 0) is 32.9 Å². The molecule has 1 amide bonds. The number of aryl methyl sites for hydroxylation is 2. The molecule has 0 unspecified atom stereocenters. The fourth-order valence-corrected chi connectivity index (χ4v) is 2.87. The van der Waals surface area contributed by atoms with E-state index in [1.165, 1.54) is 0 Å². The van der Waals surface area contributed by atoms with E-state index >= 15 is 0 Å². The molecule has 0 fully saturated rings. The largest absolute Gasteiger partial charge is 0.490 e. The number of amides is 1. The Balaban J connectivity index is 0.000000423. The zero-order valence-corrected chi connectivity index (χ0v) is 17.2. The maximum absolute atomic E-state index is 12.5. The van der Waals surface area contributed by atoms with Gasteiger partial charge in [0.1, 0.15) is 5.65 Å². The van der Waals surface area contributed by atoms with Gasteiger partial charge in [0.2, 0.25) is 0 Å². The molecule has 3 rings (SSSR count). The lowest BCUT2D eigenvalue weighted by Crippen LogP contribution is -2.24. The Morgan fingerprint density at radius 2 is 1.90 bits per heavy atom. The lowest BCUT2D eigenvalue weighted by atomic mass is 10.2. The highest BCUT2D eigenvalue weighted by molar-refractivity contribution is 5.96. The number of carbonyl (C=O) groups is 2. The number of imidazole rings is 1. The topological polar surface area (TPSA) is 102 Å². The van der Waals surface area contributed by atoms with Gasteiger partial charge in [-0.2, -0.15) is 18.3 Å². The summed E-state index contributed by atoms with van der Waals surface area (Å²) in [7, 11) is 0. The summed E-state index contributed by atoms with van der Waals surface area (Å²) in [5.41, 5.74) is 5.00. The number of carboxylic acid groups (broad SMARTS) is 1. The minimum absolute atomic E-state index is 0.130. The van der Waals surface area contributed by atoms with Crippen LogP contribution in [-0.2, 0) is 17.9 Å². The molecule has 0 saturated carbocycles. The van der Waals surface area contributed by atoms with Crippen molar-refractivity contribution in [2.75, 3.05) is 0 Å². The molecule has 0 radical (unpaired) electrons. The molecule has 31 heavy (non-hydrogen) atoms. The van der Waals surface area contributed by atoms with Crippen LogP contribution in [0, 0.1) is 20.8 Å². The second-order valence-electron chi connectivity index (χ2n) is 6.63. The average Bonchev–Trinajstić information content (AvgIpc) is 3.21. The Morgan fingerprint density at radius 1 is 1.26 bits per heavy atom. The number of hydrogen-bond donors (Lipinski definition) is 2. The second kappa shape index (κ2) is 9.45. The van der Waals surface area contributed by atoms with Crippen molar-refractivity contribution in [3.05, 3.63) is 65.4 Å². The van der Waals surface area contributed by atoms with E-state index in [9.17, 15) is 18.0 Å². The quantitative estimate of drug-likeness (QED) is 0.597. The van der Waals surface area contributed by atoms with Crippen molar-refractivity contribution >= 4 is 17.5 Å². The van der Waals surface area contributed by atoms with E-state index in [0.29, 0.717) is 18.7 Å². The molecule has 166 valence electrons. The molecule has 8 nitrogen and oxygen atoms in total. The Morgan fingerprint density at radius 3 is 2.45 bits per heavy atom. The van der Waals surface area contributed by atoms with Crippen molar-refractivity contribution in [2.45, 2.75) is 40.0 Å². The Labute approximate surface area is 176 Å². The molecular weight excluding hydrogens is 415 g/mol. The van der Waals surface area contributed by atoms with Crippen molar-refractivity contribution in [3.63, 3.8) is 0 Å². The Kier molecular flexibility index (Phi) is 7.21. The first-order chi connectivity index (χ1) is 14.5. The van der Waals surface area contributed by atoms with Crippen LogP contribution in [0.3, 0.4) is 0 Å².